The SMILES string of the molecule is CCCCC1=C(Cc2ccc(C(=O)OCc3ccccc3)cc2)N(C(=O)OCC)N(C(=O)OCC)[C@@H]1C. The van der Waals surface area contributed by atoms with E-state index >= 15 is 0 Å². The minimum atomic E-state index is -0.620. The number of hydrogen-bond acceptors (Lipinski definition) is 6. The molecule has 0 unspecified atom stereocenters. The van der Waals surface area contributed by atoms with Crippen molar-refractivity contribution in [1.82, 2.24) is 10.0 Å². The number of allylic oxidation sites excluding steroid dienone is 1. The fourth-order valence-electron chi connectivity index (χ4n) is 4.31. The van der Waals surface area contributed by atoms with Crippen molar-refractivity contribution in [2.45, 2.75) is 66.0 Å². The molecule has 198 valence electrons. The number of nitrogens with zero attached hydrogens (tertiary/aromatic N) is 2. The van der Waals surface area contributed by atoms with Crippen LogP contribution in [-0.4, -0.2) is 47.4 Å². The summed E-state index contributed by atoms with van der Waals surface area (Å²) in [4.78, 5) is 38.4. The number of unbranched alkanes of at least 4 members (excludes halogenated alkanes) is 1. The Morgan fingerprint density at radius 1 is 0.811 bits per heavy atom. The summed E-state index contributed by atoms with van der Waals surface area (Å²) in [7, 11) is 0. The topological polar surface area (TPSA) is 85.4 Å². The second-order valence-corrected chi connectivity index (χ2v) is 8.74. The van der Waals surface area contributed by atoms with Gasteiger partial charge in [0.1, 0.15) is 6.61 Å². The van der Waals surface area contributed by atoms with E-state index in [4.69, 9.17) is 14.2 Å². The molecule has 0 spiro atoms. The zero-order valence-corrected chi connectivity index (χ0v) is 22.1. The Kier molecular flexibility index (Phi) is 10.1. The third kappa shape index (κ3) is 6.90. The van der Waals surface area contributed by atoms with E-state index in [2.05, 4.69) is 6.92 Å². The highest BCUT2D eigenvalue weighted by Gasteiger charge is 2.43. The smallest absolute Gasteiger partial charge is 0.433 e. The van der Waals surface area contributed by atoms with Gasteiger partial charge in [0.05, 0.1) is 30.5 Å². The quantitative estimate of drug-likeness (QED) is 0.278. The van der Waals surface area contributed by atoms with Crippen LogP contribution < -0.4 is 0 Å². The number of ether oxygens (including phenoxy) is 3. The lowest BCUT2D eigenvalue weighted by molar-refractivity contribution is -0.000610. The molecule has 2 amide bonds. The molecule has 1 aliphatic heterocycles. The molecular weight excluding hydrogens is 472 g/mol. The van der Waals surface area contributed by atoms with Crippen LogP contribution in [0.25, 0.3) is 0 Å². The zero-order chi connectivity index (χ0) is 26.8. The van der Waals surface area contributed by atoms with E-state index in [1.165, 1.54) is 10.0 Å². The second-order valence-electron chi connectivity index (χ2n) is 8.74. The molecule has 8 nitrogen and oxygen atoms in total. The second kappa shape index (κ2) is 13.5. The summed E-state index contributed by atoms with van der Waals surface area (Å²) in [5.41, 5.74) is 3.94. The van der Waals surface area contributed by atoms with Gasteiger partial charge in [0.2, 0.25) is 0 Å². The molecule has 0 saturated carbocycles. The Morgan fingerprint density at radius 2 is 1.46 bits per heavy atom. The van der Waals surface area contributed by atoms with Crippen LogP contribution in [0.3, 0.4) is 0 Å². The lowest BCUT2D eigenvalue weighted by Crippen LogP contribution is -2.49. The van der Waals surface area contributed by atoms with Crippen LogP contribution in [0.4, 0.5) is 9.59 Å². The Balaban J connectivity index is 1.83. The maximum Gasteiger partial charge on any atom is 0.433 e. The van der Waals surface area contributed by atoms with Gasteiger partial charge in [-0.05, 0) is 62.4 Å². The molecule has 0 bridgehead atoms. The minimum Gasteiger partial charge on any atom is -0.457 e. The van der Waals surface area contributed by atoms with Gasteiger partial charge in [0.25, 0.3) is 0 Å². The van der Waals surface area contributed by atoms with Gasteiger partial charge in [-0.1, -0.05) is 55.8 Å². The first kappa shape index (κ1) is 27.8. The summed E-state index contributed by atoms with van der Waals surface area (Å²) in [5.74, 6) is -0.408. The van der Waals surface area contributed by atoms with Crippen molar-refractivity contribution < 1.29 is 28.6 Å². The average Bonchev–Trinajstić information content (AvgIpc) is 3.18. The van der Waals surface area contributed by atoms with Gasteiger partial charge in [0.15, 0.2) is 0 Å². The highest BCUT2D eigenvalue weighted by Crippen LogP contribution is 2.35. The van der Waals surface area contributed by atoms with E-state index in [-0.39, 0.29) is 25.9 Å². The molecule has 0 fully saturated rings. The van der Waals surface area contributed by atoms with E-state index in [1.54, 1.807) is 26.0 Å². The van der Waals surface area contributed by atoms with Crippen molar-refractivity contribution in [1.29, 1.82) is 0 Å². The third-order valence-corrected chi connectivity index (χ3v) is 6.18. The van der Waals surface area contributed by atoms with Crippen LogP contribution in [0.15, 0.2) is 65.9 Å². The Morgan fingerprint density at radius 3 is 2.08 bits per heavy atom. The zero-order valence-electron chi connectivity index (χ0n) is 22.1. The molecule has 8 heteroatoms. The molecule has 0 aliphatic carbocycles. The molecule has 0 aromatic heterocycles. The first-order valence-electron chi connectivity index (χ1n) is 12.9. The van der Waals surface area contributed by atoms with Gasteiger partial charge in [-0.25, -0.2) is 19.4 Å². The Hall–Kier alpha value is -3.81. The maximum atomic E-state index is 13.0. The van der Waals surface area contributed by atoms with Crippen molar-refractivity contribution in [3.8, 4) is 0 Å². The Labute approximate surface area is 218 Å². The number of hydrazine groups is 1. The summed E-state index contributed by atoms with van der Waals surface area (Å²) in [5, 5.41) is 2.66. The van der Waals surface area contributed by atoms with Gasteiger partial charge in [-0.15, -0.1) is 0 Å². The lowest BCUT2D eigenvalue weighted by Gasteiger charge is -2.31. The molecule has 2 aromatic rings. The van der Waals surface area contributed by atoms with E-state index < -0.39 is 18.2 Å². The summed E-state index contributed by atoms with van der Waals surface area (Å²) < 4.78 is 16.0. The summed E-state index contributed by atoms with van der Waals surface area (Å²) >= 11 is 0. The van der Waals surface area contributed by atoms with Crippen LogP contribution in [0, 0.1) is 0 Å². The molecule has 2 aromatic carbocycles. The normalized spacial score (nSPS) is 15.1. The number of hydrogen-bond donors (Lipinski definition) is 0. The first-order valence-corrected chi connectivity index (χ1v) is 12.9. The van der Waals surface area contributed by atoms with E-state index in [9.17, 15) is 14.4 Å². The molecule has 3 rings (SSSR count). The molecule has 0 N–H and O–H groups in total. The number of carbonyl (C=O) groups excluding carboxylic acids is 3. The van der Waals surface area contributed by atoms with Crippen LogP contribution in [0.1, 0.15) is 68.4 Å². The fourth-order valence-corrected chi connectivity index (χ4v) is 4.31. The first-order chi connectivity index (χ1) is 17.9. The van der Waals surface area contributed by atoms with Crippen LogP contribution in [0.2, 0.25) is 0 Å². The monoisotopic (exact) mass is 508 g/mol. The molecule has 1 heterocycles. The van der Waals surface area contributed by atoms with E-state index in [0.717, 1.165) is 36.0 Å². The van der Waals surface area contributed by atoms with Crippen LogP contribution in [0.5, 0.6) is 0 Å². The number of esters is 1. The Bertz CT molecular complexity index is 1100. The molecule has 37 heavy (non-hydrogen) atoms. The van der Waals surface area contributed by atoms with Crippen molar-refractivity contribution >= 4 is 18.2 Å². The average molecular weight is 509 g/mol. The standard InChI is InChI=1S/C29H36N2O6/c1-5-8-14-25-21(4)30(28(33)35-6-2)31(29(34)36-7-3)26(25)19-22-15-17-24(18-16-22)27(32)37-20-23-12-10-9-11-13-23/h9-13,15-18,21H,5-8,14,19-20H2,1-4H3/t21-/m1/s1. The van der Waals surface area contributed by atoms with E-state index in [0.29, 0.717) is 17.7 Å². The maximum absolute atomic E-state index is 13.0. The molecule has 1 atom stereocenters. The highest BCUT2D eigenvalue weighted by molar-refractivity contribution is 5.89. The lowest BCUT2D eigenvalue weighted by atomic mass is 9.97. The predicted molar refractivity (Wildman–Crippen MR) is 139 cm³/mol. The summed E-state index contributed by atoms with van der Waals surface area (Å²) in [6.07, 6.45) is 1.80. The molecule has 0 radical (unpaired) electrons. The van der Waals surface area contributed by atoms with Crippen molar-refractivity contribution in [2.75, 3.05) is 13.2 Å². The summed E-state index contributed by atoms with van der Waals surface area (Å²) in [6, 6.07) is 16.3. The van der Waals surface area contributed by atoms with Crippen molar-refractivity contribution in [2.24, 2.45) is 0 Å². The fraction of sp³-hybridized carbons (Fsp3) is 0.414. The molecule has 1 aliphatic rings. The summed E-state index contributed by atoms with van der Waals surface area (Å²) in [6.45, 7) is 8.02. The third-order valence-electron chi connectivity index (χ3n) is 6.18. The predicted octanol–water partition coefficient (Wildman–Crippen LogP) is 6.26. The number of carbonyl (C=O) groups is 3. The van der Waals surface area contributed by atoms with Gasteiger partial charge in [0, 0.05) is 6.42 Å². The number of rotatable bonds is 10. The number of amides is 2. The minimum absolute atomic E-state index is 0.178. The van der Waals surface area contributed by atoms with Gasteiger partial charge in [-0.2, -0.15) is 5.01 Å². The van der Waals surface area contributed by atoms with Crippen LogP contribution in [-0.2, 0) is 27.2 Å². The van der Waals surface area contributed by atoms with Crippen molar-refractivity contribution in [3.63, 3.8) is 0 Å². The van der Waals surface area contributed by atoms with Gasteiger partial charge in [-0.3, -0.25) is 0 Å². The van der Waals surface area contributed by atoms with E-state index in [1.807, 2.05) is 49.4 Å². The largest absolute Gasteiger partial charge is 0.457 e. The van der Waals surface area contributed by atoms with Gasteiger partial charge < -0.3 is 14.2 Å². The van der Waals surface area contributed by atoms with Gasteiger partial charge >= 0.3 is 18.2 Å². The van der Waals surface area contributed by atoms with Crippen molar-refractivity contribution in [3.05, 3.63) is 82.6 Å². The van der Waals surface area contributed by atoms with Crippen LogP contribution >= 0.6 is 0 Å². The molecular formula is C29H36N2O6. The highest BCUT2D eigenvalue weighted by atomic mass is 16.6. The number of benzene rings is 2. The molecule has 0 saturated heterocycles.